The molecule has 0 atom stereocenters. The average molecular weight is 451 g/mol. The fourth-order valence-corrected chi connectivity index (χ4v) is 4.35. The van der Waals surface area contributed by atoms with Gasteiger partial charge in [0.15, 0.2) is 0 Å². The van der Waals surface area contributed by atoms with Crippen molar-refractivity contribution in [3.8, 4) is 23.0 Å². The van der Waals surface area contributed by atoms with Crippen LogP contribution in [0.15, 0.2) is 93.2 Å². The lowest BCUT2D eigenvalue weighted by molar-refractivity contribution is 0.340. The minimum Gasteiger partial charge on any atom is -0.497 e. The molecule has 4 aromatic rings. The number of anilines is 2. The molecule has 0 aliphatic rings. The van der Waals surface area contributed by atoms with E-state index in [1.807, 2.05) is 6.92 Å². The Morgan fingerprint density at radius 1 is 0.906 bits per heavy atom. The number of nitrogens with one attached hydrogen (secondary N) is 1. The van der Waals surface area contributed by atoms with Gasteiger partial charge in [0, 0.05) is 11.3 Å². The average Bonchev–Trinajstić information content (AvgIpc) is 3.26. The molecule has 1 heterocycles. The second-order valence-electron chi connectivity index (χ2n) is 6.78. The van der Waals surface area contributed by atoms with Crippen LogP contribution in [0.2, 0.25) is 0 Å². The minimum absolute atomic E-state index is 0.0313. The van der Waals surface area contributed by atoms with Crippen LogP contribution < -0.4 is 14.8 Å². The van der Waals surface area contributed by atoms with E-state index in [0.717, 1.165) is 0 Å². The predicted octanol–water partition coefficient (Wildman–Crippen LogP) is 5.33. The van der Waals surface area contributed by atoms with E-state index < -0.39 is 9.84 Å². The van der Waals surface area contributed by atoms with Crippen LogP contribution in [0.25, 0.3) is 11.5 Å². The van der Waals surface area contributed by atoms with Crippen molar-refractivity contribution in [2.75, 3.05) is 19.0 Å². The molecular weight excluding hydrogens is 428 g/mol. The maximum absolute atomic E-state index is 13.3. The Balaban J connectivity index is 1.76. The zero-order valence-electron chi connectivity index (χ0n) is 17.6. The third-order valence-corrected chi connectivity index (χ3v) is 6.34. The smallest absolute Gasteiger partial charge is 0.238 e. The molecule has 0 fully saturated rings. The number of benzene rings is 3. The van der Waals surface area contributed by atoms with Gasteiger partial charge in [0.05, 0.1) is 18.6 Å². The summed E-state index contributed by atoms with van der Waals surface area (Å²) in [5.41, 5.74) is 1.26. The molecular formula is C24H22N2O5S. The first-order valence-corrected chi connectivity index (χ1v) is 11.4. The molecule has 0 unspecified atom stereocenters. The number of rotatable bonds is 8. The SMILES string of the molecule is CCOc1ccc(Nc2oc(-c3ccc(OC)cc3)nc2S(=O)(=O)c2ccccc2)cc1. The molecule has 0 amide bonds. The fourth-order valence-electron chi connectivity index (χ4n) is 3.07. The van der Waals surface area contributed by atoms with Gasteiger partial charge in [0.2, 0.25) is 26.6 Å². The lowest BCUT2D eigenvalue weighted by Gasteiger charge is -2.07. The van der Waals surface area contributed by atoms with Crippen molar-refractivity contribution >= 4 is 21.4 Å². The summed E-state index contributed by atoms with van der Waals surface area (Å²) in [6.45, 7) is 2.46. The number of aromatic nitrogens is 1. The third-order valence-electron chi connectivity index (χ3n) is 4.66. The van der Waals surface area contributed by atoms with Gasteiger partial charge in [-0.15, -0.1) is 0 Å². The van der Waals surface area contributed by atoms with Gasteiger partial charge in [-0.05, 0) is 67.6 Å². The number of methoxy groups -OCH3 is 1. The molecule has 0 aliphatic heterocycles. The van der Waals surface area contributed by atoms with E-state index in [1.54, 1.807) is 73.8 Å². The molecule has 3 aromatic carbocycles. The summed E-state index contributed by atoms with van der Waals surface area (Å²) in [4.78, 5) is 4.47. The first kappa shape index (κ1) is 21.5. The Hall–Kier alpha value is -3.78. The van der Waals surface area contributed by atoms with Crippen molar-refractivity contribution in [1.82, 2.24) is 4.98 Å². The molecule has 7 nitrogen and oxygen atoms in total. The number of hydrogen-bond donors (Lipinski definition) is 1. The maximum Gasteiger partial charge on any atom is 0.238 e. The molecule has 1 N–H and O–H groups in total. The summed E-state index contributed by atoms with van der Waals surface area (Å²) in [5.74, 6) is 1.59. The lowest BCUT2D eigenvalue weighted by Crippen LogP contribution is -2.05. The van der Waals surface area contributed by atoms with E-state index in [2.05, 4.69) is 10.3 Å². The van der Waals surface area contributed by atoms with Crippen molar-refractivity contribution in [2.45, 2.75) is 16.8 Å². The Morgan fingerprint density at radius 2 is 1.56 bits per heavy atom. The van der Waals surface area contributed by atoms with Crippen molar-refractivity contribution < 1.29 is 22.3 Å². The Labute approximate surface area is 186 Å². The van der Waals surface area contributed by atoms with Gasteiger partial charge in [-0.2, -0.15) is 4.98 Å². The number of hydrogen-bond acceptors (Lipinski definition) is 7. The number of nitrogens with zero attached hydrogens (tertiary/aromatic N) is 1. The highest BCUT2D eigenvalue weighted by atomic mass is 32.2. The molecule has 4 rings (SSSR count). The van der Waals surface area contributed by atoms with Gasteiger partial charge in [-0.25, -0.2) is 8.42 Å². The lowest BCUT2D eigenvalue weighted by atomic mass is 10.2. The highest BCUT2D eigenvalue weighted by Crippen LogP contribution is 2.34. The van der Waals surface area contributed by atoms with Crippen LogP contribution in [0.1, 0.15) is 6.92 Å². The Kier molecular flexibility index (Phi) is 6.13. The highest BCUT2D eigenvalue weighted by molar-refractivity contribution is 7.91. The summed E-state index contributed by atoms with van der Waals surface area (Å²) >= 11 is 0. The molecule has 0 spiro atoms. The summed E-state index contributed by atoms with van der Waals surface area (Å²) in [7, 11) is -2.35. The molecule has 0 saturated heterocycles. The summed E-state index contributed by atoms with van der Waals surface area (Å²) in [5, 5.41) is 2.85. The van der Waals surface area contributed by atoms with Gasteiger partial charge < -0.3 is 19.2 Å². The van der Waals surface area contributed by atoms with Gasteiger partial charge in [0.1, 0.15) is 11.5 Å². The molecule has 32 heavy (non-hydrogen) atoms. The van der Waals surface area contributed by atoms with E-state index in [1.165, 1.54) is 12.1 Å². The molecule has 0 bridgehead atoms. The van der Waals surface area contributed by atoms with E-state index in [4.69, 9.17) is 13.9 Å². The van der Waals surface area contributed by atoms with Crippen molar-refractivity contribution in [2.24, 2.45) is 0 Å². The van der Waals surface area contributed by atoms with Crippen LogP contribution in [0.3, 0.4) is 0 Å². The first-order chi connectivity index (χ1) is 15.5. The second kappa shape index (κ2) is 9.15. The van der Waals surface area contributed by atoms with E-state index in [0.29, 0.717) is 29.4 Å². The van der Waals surface area contributed by atoms with Crippen molar-refractivity contribution in [1.29, 1.82) is 0 Å². The quantitative estimate of drug-likeness (QED) is 0.388. The van der Waals surface area contributed by atoms with E-state index >= 15 is 0 Å². The van der Waals surface area contributed by atoms with Crippen molar-refractivity contribution in [3.05, 3.63) is 78.9 Å². The zero-order chi connectivity index (χ0) is 22.6. The van der Waals surface area contributed by atoms with Crippen LogP contribution >= 0.6 is 0 Å². The van der Waals surface area contributed by atoms with Crippen LogP contribution in [0.4, 0.5) is 11.6 Å². The third kappa shape index (κ3) is 4.45. The Morgan fingerprint density at radius 3 is 2.19 bits per heavy atom. The topological polar surface area (TPSA) is 90.7 Å². The van der Waals surface area contributed by atoms with Crippen molar-refractivity contribution in [3.63, 3.8) is 0 Å². The van der Waals surface area contributed by atoms with Gasteiger partial charge in [-0.3, -0.25) is 0 Å². The molecule has 164 valence electrons. The fraction of sp³-hybridized carbons (Fsp3) is 0.125. The van der Waals surface area contributed by atoms with Gasteiger partial charge in [-0.1, -0.05) is 18.2 Å². The normalized spacial score (nSPS) is 11.2. The second-order valence-corrected chi connectivity index (χ2v) is 8.65. The monoisotopic (exact) mass is 450 g/mol. The molecule has 0 radical (unpaired) electrons. The van der Waals surface area contributed by atoms with E-state index in [-0.39, 0.29) is 21.7 Å². The summed E-state index contributed by atoms with van der Waals surface area (Å²) in [6.07, 6.45) is 0. The minimum atomic E-state index is -3.92. The highest BCUT2D eigenvalue weighted by Gasteiger charge is 2.28. The predicted molar refractivity (Wildman–Crippen MR) is 121 cm³/mol. The number of ether oxygens (including phenoxy) is 2. The largest absolute Gasteiger partial charge is 0.497 e. The van der Waals surface area contributed by atoms with Gasteiger partial charge >= 0.3 is 0 Å². The van der Waals surface area contributed by atoms with Crippen LogP contribution in [0.5, 0.6) is 11.5 Å². The van der Waals surface area contributed by atoms with Crippen LogP contribution in [0, 0.1) is 0 Å². The standard InChI is InChI=1S/C24H22N2O5S/c1-3-30-20-15-11-18(12-16-20)25-23-24(32(27,28)21-7-5-4-6-8-21)26-22(31-23)17-9-13-19(29-2)14-10-17/h4-16,25H,3H2,1-2H3. The Bertz CT molecular complexity index is 1280. The van der Waals surface area contributed by atoms with Crippen LogP contribution in [-0.4, -0.2) is 27.1 Å². The molecule has 0 saturated carbocycles. The van der Waals surface area contributed by atoms with E-state index in [9.17, 15) is 8.42 Å². The molecule has 8 heteroatoms. The molecule has 1 aromatic heterocycles. The summed E-state index contributed by atoms with van der Waals surface area (Å²) in [6, 6.07) is 22.3. The number of oxazole rings is 1. The van der Waals surface area contributed by atoms with Gasteiger partial charge in [0.25, 0.3) is 0 Å². The van der Waals surface area contributed by atoms with Crippen LogP contribution in [-0.2, 0) is 9.84 Å². The number of sulfone groups is 1. The molecule has 0 aliphatic carbocycles. The maximum atomic E-state index is 13.3. The zero-order valence-corrected chi connectivity index (χ0v) is 18.4. The first-order valence-electron chi connectivity index (χ1n) is 9.96. The summed E-state index contributed by atoms with van der Waals surface area (Å²) < 4.78 is 43.2.